The molecular weight excluding hydrogens is 192 g/mol. The van der Waals surface area contributed by atoms with Crippen molar-refractivity contribution in [3.05, 3.63) is 18.2 Å². The molecule has 0 heterocycles. The molecule has 0 bridgehead atoms. The van der Waals surface area contributed by atoms with Gasteiger partial charge in [-0.25, -0.2) is 0 Å². The van der Waals surface area contributed by atoms with Gasteiger partial charge in [-0.15, -0.1) is 0 Å². The fourth-order valence-electron chi connectivity index (χ4n) is 1.23. The van der Waals surface area contributed by atoms with Crippen molar-refractivity contribution in [2.24, 2.45) is 0 Å². The Hall–Kier alpha value is -1.42. The third kappa shape index (κ3) is 3.67. The van der Waals surface area contributed by atoms with Crippen LogP contribution in [0.15, 0.2) is 18.2 Å². The Labute approximate surface area is 90.1 Å². The summed E-state index contributed by atoms with van der Waals surface area (Å²) in [4.78, 5) is 0. The van der Waals surface area contributed by atoms with Crippen LogP contribution in [0, 0.1) is 0 Å². The number of nitrogens with two attached hydrogens (primary N) is 1. The molecule has 4 heteroatoms. The molecule has 0 spiro atoms. The largest absolute Gasteiger partial charge is 0.497 e. The number of aliphatic hydroxyl groups excluding tert-OH is 1. The van der Waals surface area contributed by atoms with Crippen molar-refractivity contribution < 1.29 is 9.84 Å². The zero-order valence-electron chi connectivity index (χ0n) is 9.16. The second kappa shape index (κ2) is 5.46. The summed E-state index contributed by atoms with van der Waals surface area (Å²) in [5, 5.41) is 12.3. The number of anilines is 2. The molecule has 0 fully saturated rings. The Morgan fingerprint density at radius 2 is 2.27 bits per heavy atom. The quantitative estimate of drug-likeness (QED) is 0.644. The first-order chi connectivity index (χ1) is 7.13. The molecule has 4 N–H and O–H groups in total. The van der Waals surface area contributed by atoms with Gasteiger partial charge in [-0.1, -0.05) is 0 Å². The van der Waals surface area contributed by atoms with E-state index in [0.717, 1.165) is 11.4 Å². The first-order valence-corrected chi connectivity index (χ1v) is 4.99. The van der Waals surface area contributed by atoms with E-state index in [1.807, 2.05) is 12.1 Å². The fraction of sp³-hybridized carbons (Fsp3) is 0.455. The van der Waals surface area contributed by atoms with Crippen LogP contribution in [0.1, 0.15) is 13.3 Å². The van der Waals surface area contributed by atoms with Gasteiger partial charge < -0.3 is 20.9 Å². The predicted molar refractivity (Wildman–Crippen MR) is 62.2 cm³/mol. The minimum absolute atomic E-state index is 0.302. The van der Waals surface area contributed by atoms with Crippen LogP contribution >= 0.6 is 0 Å². The number of nitrogen functional groups attached to an aromatic ring is 1. The van der Waals surface area contributed by atoms with E-state index in [9.17, 15) is 0 Å². The van der Waals surface area contributed by atoms with E-state index in [2.05, 4.69) is 5.32 Å². The molecule has 0 saturated heterocycles. The summed E-state index contributed by atoms with van der Waals surface area (Å²) in [5.41, 5.74) is 7.30. The van der Waals surface area contributed by atoms with E-state index in [1.165, 1.54) is 0 Å². The lowest BCUT2D eigenvalue weighted by Gasteiger charge is -2.11. The number of ether oxygens (including phenoxy) is 1. The molecule has 1 atom stereocenters. The molecule has 0 aliphatic heterocycles. The van der Waals surface area contributed by atoms with Crippen LogP contribution in [-0.2, 0) is 0 Å². The predicted octanol–water partition coefficient (Wildman–Crippen LogP) is 1.46. The molecule has 4 nitrogen and oxygen atoms in total. The summed E-state index contributed by atoms with van der Waals surface area (Å²) in [6.45, 7) is 2.45. The molecule has 1 aromatic carbocycles. The summed E-state index contributed by atoms with van der Waals surface area (Å²) >= 11 is 0. The molecule has 15 heavy (non-hydrogen) atoms. The highest BCUT2D eigenvalue weighted by atomic mass is 16.5. The lowest BCUT2D eigenvalue weighted by molar-refractivity contribution is 0.189. The molecule has 0 radical (unpaired) electrons. The Morgan fingerprint density at radius 1 is 1.53 bits per heavy atom. The second-order valence-corrected chi connectivity index (χ2v) is 3.52. The lowest BCUT2D eigenvalue weighted by Crippen LogP contribution is -2.10. The lowest BCUT2D eigenvalue weighted by atomic mass is 10.2. The average Bonchev–Trinajstić information content (AvgIpc) is 2.20. The van der Waals surface area contributed by atoms with Crippen LogP contribution in [0.2, 0.25) is 0 Å². The van der Waals surface area contributed by atoms with Crippen LogP contribution in [-0.4, -0.2) is 24.9 Å². The van der Waals surface area contributed by atoms with Gasteiger partial charge in [-0.2, -0.15) is 0 Å². The smallest absolute Gasteiger partial charge is 0.121 e. The molecule has 0 amide bonds. The van der Waals surface area contributed by atoms with Crippen LogP contribution in [0.3, 0.4) is 0 Å². The van der Waals surface area contributed by atoms with Crippen molar-refractivity contribution in [3.8, 4) is 5.75 Å². The van der Waals surface area contributed by atoms with Crippen molar-refractivity contribution in [2.45, 2.75) is 19.4 Å². The topological polar surface area (TPSA) is 67.5 Å². The highest BCUT2D eigenvalue weighted by Crippen LogP contribution is 2.24. The van der Waals surface area contributed by atoms with Crippen LogP contribution in [0.5, 0.6) is 5.75 Å². The second-order valence-electron chi connectivity index (χ2n) is 3.52. The maximum absolute atomic E-state index is 9.10. The van der Waals surface area contributed by atoms with Crippen LogP contribution in [0.25, 0.3) is 0 Å². The molecular formula is C11H18N2O2. The standard InChI is InChI=1S/C11H18N2O2/c1-8(14)5-6-13-11-7-9(15-2)3-4-10(11)12/h3-4,7-8,13-14H,5-6,12H2,1-2H3. The van der Waals surface area contributed by atoms with Gasteiger partial charge in [0, 0.05) is 12.6 Å². The highest BCUT2D eigenvalue weighted by Gasteiger charge is 2.01. The van der Waals surface area contributed by atoms with Gasteiger partial charge in [-0.05, 0) is 25.5 Å². The van der Waals surface area contributed by atoms with Crippen molar-refractivity contribution in [2.75, 3.05) is 24.7 Å². The first kappa shape index (κ1) is 11.7. The summed E-state index contributed by atoms with van der Waals surface area (Å²) in [6, 6.07) is 5.45. The van der Waals surface area contributed by atoms with E-state index < -0.39 is 0 Å². The third-order valence-electron chi connectivity index (χ3n) is 2.14. The number of methoxy groups -OCH3 is 1. The Balaban J connectivity index is 2.59. The fourth-order valence-corrected chi connectivity index (χ4v) is 1.23. The molecule has 0 aliphatic carbocycles. The molecule has 0 aromatic heterocycles. The minimum Gasteiger partial charge on any atom is -0.497 e. The Bertz CT molecular complexity index is 313. The van der Waals surface area contributed by atoms with Gasteiger partial charge in [0.1, 0.15) is 5.75 Å². The Morgan fingerprint density at radius 3 is 2.87 bits per heavy atom. The van der Waals surface area contributed by atoms with Crippen molar-refractivity contribution in [3.63, 3.8) is 0 Å². The number of nitrogens with one attached hydrogen (secondary N) is 1. The number of hydrogen-bond acceptors (Lipinski definition) is 4. The first-order valence-electron chi connectivity index (χ1n) is 4.99. The van der Waals surface area contributed by atoms with Crippen molar-refractivity contribution >= 4 is 11.4 Å². The summed E-state index contributed by atoms with van der Waals surface area (Å²) in [6.07, 6.45) is 0.390. The van der Waals surface area contributed by atoms with E-state index in [1.54, 1.807) is 20.1 Å². The number of benzene rings is 1. The van der Waals surface area contributed by atoms with Gasteiger partial charge >= 0.3 is 0 Å². The minimum atomic E-state index is -0.302. The molecule has 1 unspecified atom stereocenters. The van der Waals surface area contributed by atoms with Crippen LogP contribution < -0.4 is 15.8 Å². The molecule has 0 aliphatic rings. The van der Waals surface area contributed by atoms with E-state index in [4.69, 9.17) is 15.6 Å². The van der Waals surface area contributed by atoms with Gasteiger partial charge in [0.05, 0.1) is 24.6 Å². The molecule has 1 aromatic rings. The van der Waals surface area contributed by atoms with E-state index in [0.29, 0.717) is 18.7 Å². The zero-order valence-corrected chi connectivity index (χ0v) is 9.16. The molecule has 1 rings (SSSR count). The number of rotatable bonds is 5. The van der Waals surface area contributed by atoms with Gasteiger partial charge in [-0.3, -0.25) is 0 Å². The van der Waals surface area contributed by atoms with Crippen molar-refractivity contribution in [1.82, 2.24) is 0 Å². The maximum atomic E-state index is 9.10. The normalized spacial score (nSPS) is 12.2. The van der Waals surface area contributed by atoms with Crippen LogP contribution in [0.4, 0.5) is 11.4 Å². The van der Waals surface area contributed by atoms with E-state index >= 15 is 0 Å². The zero-order chi connectivity index (χ0) is 11.3. The molecule has 84 valence electrons. The summed E-state index contributed by atoms with van der Waals surface area (Å²) in [7, 11) is 1.62. The van der Waals surface area contributed by atoms with Crippen molar-refractivity contribution in [1.29, 1.82) is 0 Å². The Kier molecular flexibility index (Phi) is 4.24. The third-order valence-corrected chi connectivity index (χ3v) is 2.14. The van der Waals surface area contributed by atoms with E-state index in [-0.39, 0.29) is 6.10 Å². The van der Waals surface area contributed by atoms with Gasteiger partial charge in [0.15, 0.2) is 0 Å². The molecule has 0 saturated carbocycles. The summed E-state index contributed by atoms with van der Waals surface area (Å²) in [5.74, 6) is 0.767. The van der Waals surface area contributed by atoms with Gasteiger partial charge in [0.2, 0.25) is 0 Å². The summed E-state index contributed by atoms with van der Waals surface area (Å²) < 4.78 is 5.09. The maximum Gasteiger partial charge on any atom is 0.121 e. The SMILES string of the molecule is COc1ccc(N)c(NCCC(C)O)c1. The average molecular weight is 210 g/mol. The highest BCUT2D eigenvalue weighted by molar-refractivity contribution is 5.68. The monoisotopic (exact) mass is 210 g/mol. The number of hydrogen-bond donors (Lipinski definition) is 3. The van der Waals surface area contributed by atoms with Gasteiger partial charge in [0.25, 0.3) is 0 Å². The number of aliphatic hydroxyl groups is 1.